The summed E-state index contributed by atoms with van der Waals surface area (Å²) in [5, 5.41) is 15.2. The molecule has 0 aromatic carbocycles. The van der Waals surface area contributed by atoms with Crippen LogP contribution in [0, 0.1) is 0 Å². The van der Waals surface area contributed by atoms with Crippen LogP contribution in [0.4, 0.5) is 11.6 Å². The van der Waals surface area contributed by atoms with E-state index in [9.17, 15) is 4.79 Å². The third-order valence-corrected chi connectivity index (χ3v) is 4.87. The highest BCUT2D eigenvalue weighted by Crippen LogP contribution is 2.21. The summed E-state index contributed by atoms with van der Waals surface area (Å²) in [6.45, 7) is 9.23. The maximum absolute atomic E-state index is 13.1. The number of nitrogens with one attached hydrogen (secondary N) is 2. The maximum Gasteiger partial charge on any atom is 0.262 e. The Morgan fingerprint density at radius 2 is 2.13 bits per heavy atom. The molecule has 0 saturated carbocycles. The summed E-state index contributed by atoms with van der Waals surface area (Å²) in [5.74, 6) is 1.55. The molecule has 4 rings (SSSR count). The second kappa shape index (κ2) is 8.92. The first-order valence-electron chi connectivity index (χ1n) is 10.0. The highest BCUT2D eigenvalue weighted by molar-refractivity contribution is 6.09. The van der Waals surface area contributed by atoms with Gasteiger partial charge >= 0.3 is 0 Å². The van der Waals surface area contributed by atoms with E-state index >= 15 is 0 Å². The van der Waals surface area contributed by atoms with Gasteiger partial charge in [0.05, 0.1) is 6.20 Å². The molecule has 0 unspecified atom stereocenters. The van der Waals surface area contributed by atoms with Gasteiger partial charge in [-0.15, -0.1) is 5.10 Å². The molecule has 4 heterocycles. The Morgan fingerprint density at radius 1 is 1.32 bits per heavy atom. The monoisotopic (exact) mass is 419 g/mol. The van der Waals surface area contributed by atoms with Crippen molar-refractivity contribution < 1.29 is 4.79 Å². The molecule has 1 fully saturated rings. The molecule has 0 bridgehead atoms. The number of allylic oxidation sites excluding steroid dienone is 3. The predicted octanol–water partition coefficient (Wildman–Crippen LogP) is 1.60. The summed E-state index contributed by atoms with van der Waals surface area (Å²) < 4.78 is 3.20. The zero-order chi connectivity index (χ0) is 21.8. The summed E-state index contributed by atoms with van der Waals surface area (Å²) in [6.07, 6.45) is 8.56. The van der Waals surface area contributed by atoms with Crippen LogP contribution in [-0.4, -0.2) is 69.3 Å². The number of carbonyl (C=O) groups excluding carboxylic acids is 1. The molecule has 10 heteroatoms. The summed E-state index contributed by atoms with van der Waals surface area (Å²) in [6, 6.07) is 3.62. The van der Waals surface area contributed by atoms with E-state index in [1.165, 1.54) is 6.20 Å². The molecule has 1 saturated heterocycles. The molecule has 0 spiro atoms. The molecular formula is C21H25N9O. The van der Waals surface area contributed by atoms with E-state index in [1.54, 1.807) is 34.7 Å². The average molecular weight is 419 g/mol. The van der Waals surface area contributed by atoms with Gasteiger partial charge in [-0.25, -0.2) is 9.50 Å². The lowest BCUT2D eigenvalue weighted by atomic mass is 10.3. The van der Waals surface area contributed by atoms with Gasteiger partial charge in [-0.2, -0.15) is 9.78 Å². The molecule has 0 radical (unpaired) electrons. The third kappa shape index (κ3) is 4.38. The van der Waals surface area contributed by atoms with E-state index in [4.69, 9.17) is 5.10 Å². The highest BCUT2D eigenvalue weighted by atomic mass is 16.1. The first kappa shape index (κ1) is 20.5. The lowest BCUT2D eigenvalue weighted by Crippen LogP contribution is -2.43. The van der Waals surface area contributed by atoms with Crippen LogP contribution in [0.15, 0.2) is 60.0 Å². The highest BCUT2D eigenvalue weighted by Gasteiger charge is 2.21. The van der Waals surface area contributed by atoms with E-state index < -0.39 is 0 Å². The number of carbonyl (C=O) groups is 1. The molecule has 2 N–H and O–H groups in total. The van der Waals surface area contributed by atoms with Crippen molar-refractivity contribution in [2.45, 2.75) is 6.92 Å². The quantitative estimate of drug-likeness (QED) is 0.370. The van der Waals surface area contributed by atoms with Gasteiger partial charge in [0.15, 0.2) is 17.3 Å². The summed E-state index contributed by atoms with van der Waals surface area (Å²) >= 11 is 0. The van der Waals surface area contributed by atoms with Gasteiger partial charge in [-0.1, -0.05) is 18.2 Å². The molecule has 0 aliphatic carbocycles. The number of anilines is 2. The van der Waals surface area contributed by atoms with Gasteiger partial charge in [0.25, 0.3) is 5.91 Å². The van der Waals surface area contributed by atoms with Crippen molar-refractivity contribution in [2.24, 2.45) is 4.99 Å². The summed E-state index contributed by atoms with van der Waals surface area (Å²) in [5.41, 5.74) is 1.75. The van der Waals surface area contributed by atoms with Crippen molar-refractivity contribution in [3.8, 4) is 0 Å². The van der Waals surface area contributed by atoms with Gasteiger partial charge < -0.3 is 15.5 Å². The first-order chi connectivity index (χ1) is 15.1. The molecule has 3 aromatic rings. The second-order valence-electron chi connectivity index (χ2n) is 7.20. The van der Waals surface area contributed by atoms with Crippen LogP contribution in [0.5, 0.6) is 0 Å². The Morgan fingerprint density at radius 3 is 2.87 bits per heavy atom. The number of aromatic nitrogens is 5. The van der Waals surface area contributed by atoms with E-state index in [0.717, 1.165) is 37.6 Å². The van der Waals surface area contributed by atoms with Crippen LogP contribution in [0.3, 0.4) is 0 Å². The predicted molar refractivity (Wildman–Crippen MR) is 121 cm³/mol. The van der Waals surface area contributed by atoms with Crippen molar-refractivity contribution in [2.75, 3.05) is 43.4 Å². The van der Waals surface area contributed by atoms with Crippen molar-refractivity contribution in [3.63, 3.8) is 0 Å². The number of rotatable bonds is 5. The average Bonchev–Trinajstić information content (AvgIpc) is 3.39. The number of hydrogen-bond acceptors (Lipinski definition) is 7. The van der Waals surface area contributed by atoms with Crippen molar-refractivity contribution >= 4 is 29.0 Å². The Labute approximate surface area is 180 Å². The SMILES string of the molecule is C=C(C)C=CC(=NC)n1nc(N2CCNCC2)cc1NC(=O)c1cnn2cccnc12. The number of nitrogens with zero attached hydrogens (tertiary/aromatic N) is 7. The van der Waals surface area contributed by atoms with Crippen LogP contribution in [0.25, 0.3) is 5.65 Å². The summed E-state index contributed by atoms with van der Waals surface area (Å²) in [7, 11) is 1.69. The van der Waals surface area contributed by atoms with Gasteiger partial charge in [0, 0.05) is 51.7 Å². The van der Waals surface area contributed by atoms with Gasteiger partial charge in [0.1, 0.15) is 11.4 Å². The molecular weight excluding hydrogens is 394 g/mol. The molecule has 10 nitrogen and oxygen atoms in total. The largest absolute Gasteiger partial charge is 0.353 e. The van der Waals surface area contributed by atoms with E-state index in [2.05, 4.69) is 37.2 Å². The van der Waals surface area contributed by atoms with E-state index in [1.807, 2.05) is 25.1 Å². The second-order valence-corrected chi connectivity index (χ2v) is 7.20. The lowest BCUT2D eigenvalue weighted by molar-refractivity contribution is 0.102. The normalized spacial score (nSPS) is 15.0. The fourth-order valence-corrected chi connectivity index (χ4v) is 3.31. The van der Waals surface area contributed by atoms with Crippen LogP contribution >= 0.6 is 0 Å². The number of piperazine rings is 1. The van der Waals surface area contributed by atoms with Gasteiger partial charge in [-0.3, -0.25) is 9.79 Å². The fraction of sp³-hybridized carbons (Fsp3) is 0.286. The molecule has 3 aromatic heterocycles. The Kier molecular flexibility index (Phi) is 5.89. The Hall–Kier alpha value is -3.79. The molecule has 160 valence electrons. The molecule has 1 amide bonds. The minimum Gasteiger partial charge on any atom is -0.353 e. The zero-order valence-corrected chi connectivity index (χ0v) is 17.6. The topological polar surface area (TPSA) is 105 Å². The van der Waals surface area contributed by atoms with Crippen molar-refractivity contribution in [3.05, 3.63) is 60.6 Å². The summed E-state index contributed by atoms with van der Waals surface area (Å²) in [4.78, 5) is 23.8. The molecule has 0 atom stereocenters. The lowest BCUT2D eigenvalue weighted by Gasteiger charge is -2.26. The zero-order valence-electron chi connectivity index (χ0n) is 17.6. The first-order valence-corrected chi connectivity index (χ1v) is 10.0. The van der Waals surface area contributed by atoms with E-state index in [-0.39, 0.29) is 5.91 Å². The molecule has 31 heavy (non-hydrogen) atoms. The van der Waals surface area contributed by atoms with Crippen molar-refractivity contribution in [1.82, 2.24) is 29.7 Å². The number of aliphatic imine (C=N–C) groups is 1. The Bertz CT molecular complexity index is 1160. The molecule has 1 aliphatic rings. The van der Waals surface area contributed by atoms with Gasteiger partial charge in [0.2, 0.25) is 0 Å². The standard InChI is InChI=1S/C21H25N9O/c1-15(2)5-6-17(22-3)30-18(13-19(27-30)28-11-8-23-9-12-28)26-21(31)16-14-25-29-10-4-7-24-20(16)29/h4-7,10,13-14,23H,1,8-9,11-12H2,2-3H3,(H,26,31). The molecule has 1 aliphatic heterocycles. The van der Waals surface area contributed by atoms with Crippen LogP contribution < -0.4 is 15.5 Å². The maximum atomic E-state index is 13.1. The number of hydrogen-bond donors (Lipinski definition) is 2. The van der Waals surface area contributed by atoms with E-state index in [0.29, 0.717) is 22.9 Å². The van der Waals surface area contributed by atoms with Gasteiger partial charge in [-0.05, 0) is 19.1 Å². The van der Waals surface area contributed by atoms with Crippen LogP contribution in [0.2, 0.25) is 0 Å². The fourth-order valence-electron chi connectivity index (χ4n) is 3.31. The van der Waals surface area contributed by atoms with Crippen LogP contribution in [-0.2, 0) is 0 Å². The third-order valence-electron chi connectivity index (χ3n) is 4.87. The number of fused-ring (bicyclic) bond motifs is 1. The van der Waals surface area contributed by atoms with Crippen molar-refractivity contribution in [1.29, 1.82) is 0 Å². The smallest absolute Gasteiger partial charge is 0.262 e. The van der Waals surface area contributed by atoms with Crippen LogP contribution in [0.1, 0.15) is 17.3 Å². The minimum atomic E-state index is -0.318. The minimum absolute atomic E-state index is 0.318. The Balaban J connectivity index is 1.69. The number of amides is 1.